The molecular weight excluding hydrogens is 374 g/mol. The maximum absolute atomic E-state index is 12.8. The van der Waals surface area contributed by atoms with Gasteiger partial charge in [0.25, 0.3) is 23.4 Å². The van der Waals surface area contributed by atoms with E-state index in [4.69, 9.17) is 5.73 Å². The van der Waals surface area contributed by atoms with Gasteiger partial charge in [-0.1, -0.05) is 30.3 Å². The number of carbonyl (C=O) groups is 3. The Labute approximate surface area is 165 Å². The van der Waals surface area contributed by atoms with Crippen LogP contribution in [-0.2, 0) is 11.3 Å². The normalized spacial score (nSPS) is 14.8. The molecule has 148 valence electrons. The van der Waals surface area contributed by atoms with Gasteiger partial charge in [0.15, 0.2) is 5.69 Å². The Morgan fingerprint density at radius 1 is 0.966 bits per heavy atom. The van der Waals surface area contributed by atoms with Crippen molar-refractivity contribution in [2.75, 3.05) is 26.2 Å². The van der Waals surface area contributed by atoms with Gasteiger partial charge in [-0.25, -0.2) is 9.97 Å². The van der Waals surface area contributed by atoms with Crippen LogP contribution in [0, 0.1) is 0 Å². The molecule has 3 aromatic rings. The number of fused-ring (bicyclic) bond motifs is 1. The van der Waals surface area contributed by atoms with Crippen molar-refractivity contribution in [1.82, 2.24) is 29.4 Å². The first-order chi connectivity index (χ1) is 14.0. The molecule has 0 spiro atoms. The lowest BCUT2D eigenvalue weighted by Crippen LogP contribution is -2.48. The minimum atomic E-state index is -1.13. The summed E-state index contributed by atoms with van der Waals surface area (Å²) in [6.07, 6.45) is 2.48. The highest BCUT2D eigenvalue weighted by Gasteiger charge is 2.25. The number of imidazole rings is 1. The summed E-state index contributed by atoms with van der Waals surface area (Å²) in [6, 6.07) is 10.2. The molecule has 10 heteroatoms. The van der Waals surface area contributed by atoms with E-state index < -0.39 is 11.7 Å². The zero-order chi connectivity index (χ0) is 20.4. The summed E-state index contributed by atoms with van der Waals surface area (Å²) < 4.78 is 1.08. The van der Waals surface area contributed by atoms with E-state index in [2.05, 4.69) is 32.1 Å². The molecule has 1 aliphatic heterocycles. The van der Waals surface area contributed by atoms with Gasteiger partial charge >= 0.3 is 0 Å². The number of hydrogen-bond acceptors (Lipinski definition) is 7. The first-order valence-corrected chi connectivity index (χ1v) is 9.13. The molecule has 0 saturated carbocycles. The molecule has 1 fully saturated rings. The standard InChI is InChI=1S/C19H19N7O3/c20-17(28)16(27)15-11-22-19-21-10-14(23-26(15)19)18(29)25-8-6-24(7-9-25)12-13-4-2-1-3-5-13/h1-5,10-11H,6-9,12H2,(H2,20,28). The Kier molecular flexibility index (Phi) is 5.00. The lowest BCUT2D eigenvalue weighted by atomic mass is 10.2. The van der Waals surface area contributed by atoms with Crippen molar-refractivity contribution in [2.45, 2.75) is 6.54 Å². The van der Waals surface area contributed by atoms with Crippen LogP contribution in [0.1, 0.15) is 26.5 Å². The van der Waals surface area contributed by atoms with Gasteiger partial charge in [0.2, 0.25) is 0 Å². The largest absolute Gasteiger partial charge is 0.363 e. The summed E-state index contributed by atoms with van der Waals surface area (Å²) in [7, 11) is 0. The number of benzene rings is 1. The van der Waals surface area contributed by atoms with Crippen LogP contribution in [0.2, 0.25) is 0 Å². The maximum atomic E-state index is 12.8. The Balaban J connectivity index is 1.46. The van der Waals surface area contributed by atoms with Gasteiger partial charge < -0.3 is 10.6 Å². The first-order valence-electron chi connectivity index (χ1n) is 9.13. The Morgan fingerprint density at radius 3 is 2.34 bits per heavy atom. The highest BCUT2D eigenvalue weighted by molar-refractivity contribution is 6.41. The number of piperazine rings is 1. The summed E-state index contributed by atoms with van der Waals surface area (Å²) in [5.41, 5.74) is 6.23. The maximum Gasteiger partial charge on any atom is 0.291 e. The predicted molar refractivity (Wildman–Crippen MR) is 102 cm³/mol. The number of carbonyl (C=O) groups excluding carboxylic acids is 3. The lowest BCUT2D eigenvalue weighted by Gasteiger charge is -2.34. The van der Waals surface area contributed by atoms with Crippen molar-refractivity contribution in [3.63, 3.8) is 0 Å². The van der Waals surface area contributed by atoms with E-state index in [1.807, 2.05) is 18.2 Å². The molecule has 0 atom stereocenters. The van der Waals surface area contributed by atoms with Crippen LogP contribution in [0.25, 0.3) is 5.78 Å². The molecule has 0 aliphatic carbocycles. The van der Waals surface area contributed by atoms with Gasteiger partial charge in [0, 0.05) is 32.7 Å². The van der Waals surface area contributed by atoms with Gasteiger partial charge in [-0.2, -0.15) is 9.61 Å². The molecule has 2 N–H and O–H groups in total. The topological polar surface area (TPSA) is 127 Å². The average Bonchev–Trinajstić information content (AvgIpc) is 3.17. The number of aromatic nitrogens is 4. The van der Waals surface area contributed by atoms with E-state index in [1.54, 1.807) is 4.90 Å². The van der Waals surface area contributed by atoms with E-state index >= 15 is 0 Å². The Morgan fingerprint density at radius 2 is 1.66 bits per heavy atom. The van der Waals surface area contributed by atoms with Crippen LogP contribution in [0.3, 0.4) is 0 Å². The molecule has 2 amide bonds. The Hall–Kier alpha value is -3.66. The minimum Gasteiger partial charge on any atom is -0.363 e. The summed E-state index contributed by atoms with van der Waals surface area (Å²) in [5.74, 6) is -2.24. The van der Waals surface area contributed by atoms with Crippen LogP contribution in [0.4, 0.5) is 0 Å². The van der Waals surface area contributed by atoms with E-state index in [0.29, 0.717) is 13.1 Å². The first kappa shape index (κ1) is 18.7. The van der Waals surface area contributed by atoms with Crippen LogP contribution in [-0.4, -0.2) is 73.2 Å². The van der Waals surface area contributed by atoms with Crippen LogP contribution < -0.4 is 5.73 Å². The van der Waals surface area contributed by atoms with Gasteiger partial charge in [-0.3, -0.25) is 19.3 Å². The third kappa shape index (κ3) is 3.83. The molecule has 0 radical (unpaired) electrons. The van der Waals surface area contributed by atoms with Crippen LogP contribution in [0.15, 0.2) is 42.7 Å². The molecule has 1 saturated heterocycles. The van der Waals surface area contributed by atoms with Crippen LogP contribution >= 0.6 is 0 Å². The quantitative estimate of drug-likeness (QED) is 0.468. The minimum absolute atomic E-state index is 0.0746. The number of nitrogens with two attached hydrogens (primary N) is 1. The summed E-state index contributed by atoms with van der Waals surface area (Å²) in [5, 5.41) is 4.16. The monoisotopic (exact) mass is 393 g/mol. The second kappa shape index (κ2) is 7.76. The molecule has 1 aromatic carbocycles. The highest BCUT2D eigenvalue weighted by atomic mass is 16.2. The van der Waals surface area contributed by atoms with E-state index in [1.165, 1.54) is 18.0 Å². The van der Waals surface area contributed by atoms with Crippen molar-refractivity contribution in [1.29, 1.82) is 0 Å². The fourth-order valence-corrected chi connectivity index (χ4v) is 3.27. The zero-order valence-electron chi connectivity index (χ0n) is 15.6. The van der Waals surface area contributed by atoms with Gasteiger partial charge in [-0.05, 0) is 5.56 Å². The van der Waals surface area contributed by atoms with Crippen molar-refractivity contribution in [3.05, 3.63) is 59.7 Å². The van der Waals surface area contributed by atoms with Gasteiger partial charge in [0.1, 0.15) is 5.69 Å². The van der Waals surface area contributed by atoms with Crippen molar-refractivity contribution in [3.8, 4) is 0 Å². The number of Topliss-reactive ketones (excluding diaryl/α,β-unsaturated/α-hetero) is 1. The van der Waals surface area contributed by atoms with Crippen molar-refractivity contribution in [2.24, 2.45) is 5.73 Å². The molecule has 1 aliphatic rings. The number of primary amides is 1. The molecule has 2 aromatic heterocycles. The number of amides is 2. The number of rotatable bonds is 5. The van der Waals surface area contributed by atoms with Gasteiger partial charge in [0.05, 0.1) is 12.4 Å². The Bertz CT molecular complexity index is 1070. The third-order valence-corrected chi connectivity index (χ3v) is 4.81. The molecule has 10 nitrogen and oxygen atoms in total. The van der Waals surface area contributed by atoms with Gasteiger partial charge in [-0.15, -0.1) is 0 Å². The smallest absolute Gasteiger partial charge is 0.291 e. The van der Waals surface area contributed by atoms with Crippen molar-refractivity contribution < 1.29 is 14.4 Å². The van der Waals surface area contributed by atoms with E-state index in [-0.39, 0.29) is 23.1 Å². The molecule has 4 rings (SSSR count). The number of ketones is 1. The summed E-state index contributed by atoms with van der Waals surface area (Å²) in [6.45, 7) is 3.44. The lowest BCUT2D eigenvalue weighted by molar-refractivity contribution is -0.114. The van der Waals surface area contributed by atoms with Crippen LogP contribution in [0.5, 0.6) is 0 Å². The summed E-state index contributed by atoms with van der Waals surface area (Å²) >= 11 is 0. The third-order valence-electron chi connectivity index (χ3n) is 4.81. The molecular formula is C19H19N7O3. The predicted octanol–water partition coefficient (Wildman–Crippen LogP) is -0.250. The molecule has 0 bridgehead atoms. The van der Waals surface area contributed by atoms with Crippen molar-refractivity contribution >= 4 is 23.4 Å². The van der Waals surface area contributed by atoms with E-state index in [9.17, 15) is 14.4 Å². The van der Waals surface area contributed by atoms with E-state index in [0.717, 1.165) is 24.1 Å². The number of nitrogens with zero attached hydrogens (tertiary/aromatic N) is 6. The highest BCUT2D eigenvalue weighted by Crippen LogP contribution is 2.11. The fraction of sp³-hybridized carbons (Fsp3) is 0.263. The second-order valence-corrected chi connectivity index (χ2v) is 6.75. The average molecular weight is 393 g/mol. The SMILES string of the molecule is NC(=O)C(=O)c1cnc2ncc(C(=O)N3CCN(Cc4ccccc4)CC3)nn12. The molecule has 3 heterocycles. The fourth-order valence-electron chi connectivity index (χ4n) is 3.27. The molecule has 29 heavy (non-hydrogen) atoms. The molecule has 0 unspecified atom stereocenters. The number of hydrogen-bond donors (Lipinski definition) is 1. The second-order valence-electron chi connectivity index (χ2n) is 6.75. The zero-order valence-corrected chi connectivity index (χ0v) is 15.6. The summed E-state index contributed by atoms with van der Waals surface area (Å²) in [4.78, 5) is 47.9.